The maximum atomic E-state index is 9.77. The van der Waals surface area contributed by atoms with E-state index < -0.39 is 24.1 Å². The van der Waals surface area contributed by atoms with E-state index >= 15 is 0 Å². The van der Waals surface area contributed by atoms with E-state index in [9.17, 15) is 9.59 Å². The second-order valence-electron chi connectivity index (χ2n) is 1.57. The molecule has 62 valence electrons. The van der Waals surface area contributed by atoms with Gasteiger partial charge in [-0.1, -0.05) is 0 Å². The molecule has 0 saturated heterocycles. The molecule has 0 aliphatic carbocycles. The van der Waals surface area contributed by atoms with E-state index in [-0.39, 0.29) is 27.3 Å². The Morgan fingerprint density at radius 1 is 0.909 bits per heavy atom. The van der Waals surface area contributed by atoms with Gasteiger partial charge < -0.3 is 20.4 Å². The van der Waals surface area contributed by atoms with Crippen LogP contribution >= 0.6 is 0 Å². The van der Waals surface area contributed by atoms with Crippen LogP contribution < -0.4 is 0 Å². The van der Waals surface area contributed by atoms with E-state index in [0.717, 1.165) is 0 Å². The fourth-order valence-corrected chi connectivity index (χ4v) is 0.270. The van der Waals surface area contributed by atoms with Crippen LogP contribution in [0.15, 0.2) is 0 Å². The van der Waals surface area contributed by atoms with Crippen LogP contribution in [0.25, 0.3) is 0 Å². The van der Waals surface area contributed by atoms with Crippen LogP contribution in [0.1, 0.15) is 0 Å². The minimum atomic E-state index is -2.27. The molecule has 0 spiro atoms. The second kappa shape index (κ2) is 5.43. The molecular formula is C4H6O6Pb. The van der Waals surface area contributed by atoms with Gasteiger partial charge in [0.2, 0.25) is 0 Å². The van der Waals surface area contributed by atoms with Crippen molar-refractivity contribution in [3.8, 4) is 0 Å². The molecule has 0 amide bonds. The van der Waals surface area contributed by atoms with Crippen LogP contribution in [0.2, 0.25) is 0 Å². The van der Waals surface area contributed by atoms with Gasteiger partial charge in [-0.25, -0.2) is 9.59 Å². The number of carboxylic acids is 2. The Balaban J connectivity index is 0. The van der Waals surface area contributed by atoms with Gasteiger partial charge in [0, 0.05) is 27.3 Å². The first-order chi connectivity index (χ1) is 4.46. The van der Waals surface area contributed by atoms with E-state index in [4.69, 9.17) is 20.4 Å². The Morgan fingerprint density at radius 3 is 1.18 bits per heavy atom. The Kier molecular flexibility index (Phi) is 6.61. The molecule has 0 bridgehead atoms. The molecule has 4 N–H and O–H groups in total. The van der Waals surface area contributed by atoms with Gasteiger partial charge in [0.15, 0.2) is 12.2 Å². The van der Waals surface area contributed by atoms with Crippen molar-refractivity contribution in [2.75, 3.05) is 0 Å². The normalized spacial score (nSPS) is 14.4. The largest absolute Gasteiger partial charge is 0.479 e. The minimum absolute atomic E-state index is 0. The molecule has 4 radical (unpaired) electrons. The van der Waals surface area contributed by atoms with Gasteiger partial charge in [0.1, 0.15) is 0 Å². The van der Waals surface area contributed by atoms with E-state index in [1.165, 1.54) is 0 Å². The van der Waals surface area contributed by atoms with Gasteiger partial charge in [0.25, 0.3) is 0 Å². The van der Waals surface area contributed by atoms with Gasteiger partial charge in [-0.2, -0.15) is 0 Å². The first kappa shape index (κ1) is 13.4. The molecule has 0 fully saturated rings. The standard InChI is InChI=1S/C4H6O6.Pb/c5-1(3(7)8)2(6)4(9)10;/h1-2,5-6H,(H,7,8)(H,9,10);/t1-,2-;/m1./s1. The minimum Gasteiger partial charge on any atom is -0.479 e. The van der Waals surface area contributed by atoms with Gasteiger partial charge in [-0.05, 0) is 0 Å². The number of carboxylic acid groups (broad SMARTS) is 2. The average molecular weight is 357 g/mol. The summed E-state index contributed by atoms with van der Waals surface area (Å²) in [7, 11) is 0. The quantitative estimate of drug-likeness (QED) is 0.415. The van der Waals surface area contributed by atoms with Crippen LogP contribution in [-0.4, -0.2) is 71.9 Å². The van der Waals surface area contributed by atoms with Crippen molar-refractivity contribution in [1.82, 2.24) is 0 Å². The number of hydrogen-bond donors (Lipinski definition) is 4. The number of aliphatic carboxylic acids is 2. The van der Waals surface area contributed by atoms with E-state index in [2.05, 4.69) is 0 Å². The van der Waals surface area contributed by atoms with Gasteiger partial charge >= 0.3 is 11.9 Å². The smallest absolute Gasteiger partial charge is 0.335 e. The third-order valence-electron chi connectivity index (χ3n) is 0.805. The number of hydrogen-bond acceptors (Lipinski definition) is 4. The van der Waals surface area contributed by atoms with Crippen molar-refractivity contribution in [1.29, 1.82) is 0 Å². The average Bonchev–Trinajstić information content (AvgIpc) is 1.84. The van der Waals surface area contributed by atoms with Crippen LogP contribution in [0.5, 0.6) is 0 Å². The van der Waals surface area contributed by atoms with Crippen molar-refractivity contribution in [2.45, 2.75) is 12.2 Å². The van der Waals surface area contributed by atoms with Crippen molar-refractivity contribution in [3.05, 3.63) is 0 Å². The predicted molar refractivity (Wildman–Crippen MR) is 33.0 cm³/mol. The van der Waals surface area contributed by atoms with Crippen molar-refractivity contribution >= 4 is 39.2 Å². The summed E-state index contributed by atoms with van der Waals surface area (Å²) in [5, 5.41) is 32.5. The summed E-state index contributed by atoms with van der Waals surface area (Å²) in [4.78, 5) is 19.5. The molecule has 11 heavy (non-hydrogen) atoms. The molecule has 0 saturated carbocycles. The summed E-state index contributed by atoms with van der Waals surface area (Å²) in [6.07, 6.45) is -4.53. The number of carbonyl (C=O) groups is 2. The van der Waals surface area contributed by atoms with E-state index in [0.29, 0.717) is 0 Å². The SMILES string of the molecule is O=C(O)[C@H](O)[C@@H](O)C(=O)O.[Pb]. The Bertz CT molecular complexity index is 139. The van der Waals surface area contributed by atoms with Gasteiger partial charge in [0.05, 0.1) is 0 Å². The first-order valence-electron chi connectivity index (χ1n) is 2.28. The summed E-state index contributed by atoms with van der Waals surface area (Å²) in [6, 6.07) is 0. The summed E-state index contributed by atoms with van der Waals surface area (Å²) < 4.78 is 0. The first-order valence-corrected chi connectivity index (χ1v) is 2.28. The zero-order valence-corrected chi connectivity index (χ0v) is 9.15. The third kappa shape index (κ3) is 4.27. The molecule has 0 rings (SSSR count). The van der Waals surface area contributed by atoms with Crippen molar-refractivity contribution in [2.24, 2.45) is 0 Å². The molecule has 0 heterocycles. The maximum Gasteiger partial charge on any atom is 0.335 e. The molecule has 0 aromatic carbocycles. The summed E-state index contributed by atoms with van der Waals surface area (Å²) in [5.41, 5.74) is 0. The van der Waals surface area contributed by atoms with Crippen LogP contribution in [-0.2, 0) is 9.59 Å². The fourth-order valence-electron chi connectivity index (χ4n) is 0.270. The zero-order chi connectivity index (χ0) is 8.31. The zero-order valence-electron chi connectivity index (χ0n) is 5.26. The van der Waals surface area contributed by atoms with Crippen LogP contribution in [0, 0.1) is 0 Å². The Labute approximate surface area is 81.6 Å². The monoisotopic (exact) mass is 358 g/mol. The van der Waals surface area contributed by atoms with Crippen molar-refractivity contribution < 1.29 is 30.0 Å². The number of aliphatic hydroxyl groups excluding tert-OH is 2. The molecule has 0 aromatic heterocycles. The van der Waals surface area contributed by atoms with Gasteiger partial charge in [-0.15, -0.1) is 0 Å². The molecule has 6 nitrogen and oxygen atoms in total. The molecule has 0 aromatic rings. The number of rotatable bonds is 3. The Morgan fingerprint density at radius 2 is 1.09 bits per heavy atom. The maximum absolute atomic E-state index is 9.77. The third-order valence-corrected chi connectivity index (χ3v) is 0.805. The number of aliphatic hydroxyl groups is 2. The molecule has 0 aliphatic heterocycles. The van der Waals surface area contributed by atoms with Crippen LogP contribution in [0.3, 0.4) is 0 Å². The van der Waals surface area contributed by atoms with E-state index in [1.807, 2.05) is 0 Å². The van der Waals surface area contributed by atoms with Crippen LogP contribution in [0.4, 0.5) is 0 Å². The van der Waals surface area contributed by atoms with Crippen molar-refractivity contribution in [3.63, 3.8) is 0 Å². The Hall–Kier alpha value is -0.218. The summed E-state index contributed by atoms with van der Waals surface area (Å²) in [5.74, 6) is -3.54. The molecule has 2 atom stereocenters. The van der Waals surface area contributed by atoms with E-state index in [1.54, 1.807) is 0 Å². The topological polar surface area (TPSA) is 115 Å². The predicted octanol–water partition coefficient (Wildman–Crippen LogP) is -2.50. The fraction of sp³-hybridized carbons (Fsp3) is 0.500. The molecule has 0 unspecified atom stereocenters. The summed E-state index contributed by atoms with van der Waals surface area (Å²) >= 11 is 0. The van der Waals surface area contributed by atoms with Gasteiger partial charge in [-0.3, -0.25) is 0 Å². The second-order valence-corrected chi connectivity index (χ2v) is 1.57. The summed E-state index contributed by atoms with van der Waals surface area (Å²) in [6.45, 7) is 0. The molecular weight excluding hydrogens is 351 g/mol. The molecule has 0 aliphatic rings. The molecule has 7 heteroatoms.